The Hall–Kier alpha value is -3.22. The van der Waals surface area contributed by atoms with Gasteiger partial charge in [0.15, 0.2) is 11.6 Å². The Morgan fingerprint density at radius 2 is 1.96 bits per heavy atom. The molecule has 0 saturated carbocycles. The summed E-state index contributed by atoms with van der Waals surface area (Å²) in [6.45, 7) is 0.644. The lowest BCUT2D eigenvalue weighted by Gasteiger charge is -2.17. The molecule has 0 bridgehead atoms. The quantitative estimate of drug-likeness (QED) is 0.793. The van der Waals surface area contributed by atoms with Crippen molar-refractivity contribution in [2.45, 2.75) is 12.5 Å². The number of ether oxygens (including phenoxy) is 1. The molecule has 0 spiro atoms. The van der Waals surface area contributed by atoms with Crippen LogP contribution >= 0.6 is 0 Å². The number of benzene rings is 2. The number of fused-ring (bicyclic) bond motifs is 1. The third-order valence-electron chi connectivity index (χ3n) is 4.21. The standard InChI is InChI=1S/C20H18F2N2O3/c1-23-20(26)19(14-4-5-15(21)16(22)11-14)24-18(25)7-3-12-2-6-17-13(10-12)8-9-27-17/h2-7,10-11,19H,8-9H2,1H3,(H,23,26)(H,24,25). The largest absolute Gasteiger partial charge is 0.493 e. The summed E-state index contributed by atoms with van der Waals surface area (Å²) in [4.78, 5) is 24.3. The molecule has 0 aliphatic carbocycles. The number of nitrogens with one attached hydrogen (secondary N) is 2. The molecule has 2 aromatic rings. The Bertz CT molecular complexity index is 912. The molecule has 0 fully saturated rings. The predicted molar refractivity (Wildman–Crippen MR) is 96.0 cm³/mol. The van der Waals surface area contributed by atoms with Gasteiger partial charge in [-0.25, -0.2) is 8.78 Å². The van der Waals surface area contributed by atoms with Gasteiger partial charge in [-0.15, -0.1) is 0 Å². The van der Waals surface area contributed by atoms with E-state index < -0.39 is 29.5 Å². The zero-order valence-corrected chi connectivity index (χ0v) is 14.6. The first kappa shape index (κ1) is 18.6. The lowest BCUT2D eigenvalue weighted by Crippen LogP contribution is -2.38. The number of carbonyl (C=O) groups excluding carboxylic acids is 2. The lowest BCUT2D eigenvalue weighted by atomic mass is 10.1. The fourth-order valence-electron chi connectivity index (χ4n) is 2.81. The molecule has 2 amide bonds. The molecule has 1 heterocycles. The number of likely N-dealkylation sites (N-methyl/N-ethyl adjacent to an activating group) is 1. The third-order valence-corrected chi connectivity index (χ3v) is 4.21. The second-order valence-corrected chi connectivity index (χ2v) is 6.03. The van der Waals surface area contributed by atoms with E-state index in [-0.39, 0.29) is 5.56 Å². The molecule has 1 atom stereocenters. The molecule has 0 saturated heterocycles. The Kier molecular flexibility index (Phi) is 5.49. The van der Waals surface area contributed by atoms with E-state index in [0.717, 1.165) is 35.4 Å². The van der Waals surface area contributed by atoms with Gasteiger partial charge in [-0.05, 0) is 47.0 Å². The summed E-state index contributed by atoms with van der Waals surface area (Å²) in [5.74, 6) is -2.36. The van der Waals surface area contributed by atoms with Crippen molar-refractivity contribution in [2.24, 2.45) is 0 Å². The van der Waals surface area contributed by atoms with Crippen LogP contribution in [0.4, 0.5) is 8.78 Å². The molecule has 1 aliphatic heterocycles. The first-order chi connectivity index (χ1) is 13.0. The van der Waals surface area contributed by atoms with E-state index in [9.17, 15) is 18.4 Å². The molecule has 5 nitrogen and oxygen atoms in total. The van der Waals surface area contributed by atoms with Gasteiger partial charge in [-0.2, -0.15) is 0 Å². The normalized spacial score (nSPS) is 13.7. The SMILES string of the molecule is CNC(=O)C(NC(=O)C=Cc1ccc2c(c1)CCO2)c1ccc(F)c(F)c1. The van der Waals surface area contributed by atoms with Gasteiger partial charge in [0.2, 0.25) is 11.8 Å². The van der Waals surface area contributed by atoms with Crippen LogP contribution in [0.1, 0.15) is 22.7 Å². The second-order valence-electron chi connectivity index (χ2n) is 6.03. The van der Waals surface area contributed by atoms with Crippen LogP contribution in [-0.2, 0) is 16.0 Å². The highest BCUT2D eigenvalue weighted by Gasteiger charge is 2.22. The molecule has 2 N–H and O–H groups in total. The maximum atomic E-state index is 13.5. The summed E-state index contributed by atoms with van der Waals surface area (Å²) in [5, 5.41) is 4.90. The van der Waals surface area contributed by atoms with Crippen LogP contribution in [0.5, 0.6) is 5.75 Å². The van der Waals surface area contributed by atoms with E-state index in [1.54, 1.807) is 6.08 Å². The number of hydrogen-bond donors (Lipinski definition) is 2. The van der Waals surface area contributed by atoms with Gasteiger partial charge in [-0.1, -0.05) is 12.1 Å². The van der Waals surface area contributed by atoms with Crippen molar-refractivity contribution in [1.29, 1.82) is 0 Å². The van der Waals surface area contributed by atoms with Crippen LogP contribution in [-0.4, -0.2) is 25.5 Å². The number of hydrogen-bond acceptors (Lipinski definition) is 3. The third kappa shape index (κ3) is 4.31. The Balaban J connectivity index is 1.74. The zero-order chi connectivity index (χ0) is 19.4. The van der Waals surface area contributed by atoms with Crippen LogP contribution in [0.3, 0.4) is 0 Å². The first-order valence-corrected chi connectivity index (χ1v) is 8.39. The predicted octanol–water partition coefficient (Wildman–Crippen LogP) is 2.52. The minimum atomic E-state index is -1.14. The molecule has 3 rings (SSSR count). The molecular formula is C20H18F2N2O3. The summed E-state index contributed by atoms with van der Waals surface area (Å²) in [6.07, 6.45) is 3.71. The van der Waals surface area contributed by atoms with Gasteiger partial charge < -0.3 is 15.4 Å². The fraction of sp³-hybridized carbons (Fsp3) is 0.200. The van der Waals surface area contributed by atoms with Crippen molar-refractivity contribution >= 4 is 17.9 Å². The molecular weight excluding hydrogens is 354 g/mol. The van der Waals surface area contributed by atoms with Crippen molar-refractivity contribution in [2.75, 3.05) is 13.7 Å². The monoisotopic (exact) mass is 372 g/mol. The molecule has 140 valence electrons. The highest BCUT2D eigenvalue weighted by atomic mass is 19.2. The van der Waals surface area contributed by atoms with Crippen LogP contribution < -0.4 is 15.4 Å². The van der Waals surface area contributed by atoms with Crippen LogP contribution in [0.2, 0.25) is 0 Å². The van der Waals surface area contributed by atoms with Gasteiger partial charge in [-0.3, -0.25) is 9.59 Å². The molecule has 1 aliphatic rings. The molecule has 27 heavy (non-hydrogen) atoms. The number of amides is 2. The van der Waals surface area contributed by atoms with Crippen molar-refractivity contribution in [3.8, 4) is 5.75 Å². The summed E-state index contributed by atoms with van der Waals surface area (Å²) < 4.78 is 32.0. The lowest BCUT2D eigenvalue weighted by molar-refractivity contribution is -0.126. The zero-order valence-electron chi connectivity index (χ0n) is 14.6. The fourth-order valence-corrected chi connectivity index (χ4v) is 2.81. The van der Waals surface area contributed by atoms with Crippen molar-refractivity contribution < 1.29 is 23.1 Å². The first-order valence-electron chi connectivity index (χ1n) is 8.39. The molecule has 0 aromatic heterocycles. The number of rotatable bonds is 5. The maximum Gasteiger partial charge on any atom is 0.246 e. The summed E-state index contributed by atoms with van der Waals surface area (Å²) in [5.41, 5.74) is 2.03. The van der Waals surface area contributed by atoms with E-state index in [1.165, 1.54) is 19.2 Å². The van der Waals surface area contributed by atoms with Gasteiger partial charge in [0, 0.05) is 19.5 Å². The summed E-state index contributed by atoms with van der Waals surface area (Å²) >= 11 is 0. The average Bonchev–Trinajstić information content (AvgIpc) is 3.14. The Morgan fingerprint density at radius 3 is 2.70 bits per heavy atom. The van der Waals surface area contributed by atoms with E-state index in [0.29, 0.717) is 6.61 Å². The van der Waals surface area contributed by atoms with Crippen LogP contribution in [0.15, 0.2) is 42.5 Å². The highest BCUT2D eigenvalue weighted by molar-refractivity contribution is 5.96. The number of carbonyl (C=O) groups is 2. The Labute approximate surface area is 155 Å². The maximum absolute atomic E-state index is 13.5. The van der Waals surface area contributed by atoms with Gasteiger partial charge in [0.05, 0.1) is 6.61 Å². The topological polar surface area (TPSA) is 67.4 Å². The van der Waals surface area contributed by atoms with E-state index in [2.05, 4.69) is 10.6 Å². The van der Waals surface area contributed by atoms with Crippen LogP contribution in [0.25, 0.3) is 6.08 Å². The molecule has 0 radical (unpaired) electrons. The van der Waals surface area contributed by atoms with Gasteiger partial charge >= 0.3 is 0 Å². The van der Waals surface area contributed by atoms with E-state index in [1.807, 2.05) is 18.2 Å². The summed E-state index contributed by atoms with van der Waals surface area (Å²) in [7, 11) is 1.39. The second kappa shape index (κ2) is 7.99. The number of halogens is 2. The van der Waals surface area contributed by atoms with Crippen LogP contribution in [0, 0.1) is 11.6 Å². The van der Waals surface area contributed by atoms with E-state index in [4.69, 9.17) is 4.74 Å². The molecule has 7 heteroatoms. The smallest absolute Gasteiger partial charge is 0.246 e. The Morgan fingerprint density at radius 1 is 1.15 bits per heavy atom. The average molecular weight is 372 g/mol. The minimum absolute atomic E-state index is 0.143. The molecule has 1 unspecified atom stereocenters. The van der Waals surface area contributed by atoms with Gasteiger partial charge in [0.1, 0.15) is 11.8 Å². The van der Waals surface area contributed by atoms with Crippen molar-refractivity contribution in [3.63, 3.8) is 0 Å². The van der Waals surface area contributed by atoms with E-state index >= 15 is 0 Å². The highest BCUT2D eigenvalue weighted by Crippen LogP contribution is 2.26. The van der Waals surface area contributed by atoms with Crippen molar-refractivity contribution in [3.05, 3.63) is 70.8 Å². The molecule has 2 aromatic carbocycles. The minimum Gasteiger partial charge on any atom is -0.493 e. The van der Waals surface area contributed by atoms with Crippen molar-refractivity contribution in [1.82, 2.24) is 10.6 Å². The van der Waals surface area contributed by atoms with Gasteiger partial charge in [0.25, 0.3) is 0 Å². The summed E-state index contributed by atoms with van der Waals surface area (Å²) in [6, 6.07) is 7.50.